The highest BCUT2D eigenvalue weighted by atomic mass is 16.1. The summed E-state index contributed by atoms with van der Waals surface area (Å²) in [5.74, 6) is 0.0351. The molecule has 1 aliphatic rings. The molecule has 0 saturated carbocycles. The van der Waals surface area contributed by atoms with Crippen LogP contribution in [0.5, 0.6) is 0 Å². The molecule has 0 bridgehead atoms. The molecule has 1 fully saturated rings. The van der Waals surface area contributed by atoms with Gasteiger partial charge in [-0.1, -0.05) is 18.2 Å². The van der Waals surface area contributed by atoms with Crippen LogP contribution in [0.3, 0.4) is 0 Å². The largest absolute Gasteiger partial charge is 0.371 e. The van der Waals surface area contributed by atoms with E-state index in [1.807, 2.05) is 30.3 Å². The summed E-state index contributed by atoms with van der Waals surface area (Å²) in [6, 6.07) is 11.8. The number of hydrogen-bond acceptors (Lipinski definition) is 4. The molecule has 1 atom stereocenters. The Morgan fingerprint density at radius 2 is 2.27 bits per heavy atom. The van der Waals surface area contributed by atoms with Crippen molar-refractivity contribution in [2.24, 2.45) is 11.7 Å². The molecule has 2 N–H and O–H groups in total. The van der Waals surface area contributed by atoms with E-state index in [9.17, 15) is 10.1 Å². The lowest BCUT2D eigenvalue weighted by molar-refractivity contribution is -0.118. The van der Waals surface area contributed by atoms with Crippen molar-refractivity contribution in [2.75, 3.05) is 18.0 Å². The van der Waals surface area contributed by atoms with Crippen molar-refractivity contribution in [3.05, 3.63) is 36.0 Å². The maximum Gasteiger partial charge on any atom is 0.217 e. The van der Waals surface area contributed by atoms with Crippen LogP contribution in [0.1, 0.15) is 25.0 Å². The number of nitriles is 1. The molecule has 1 unspecified atom stereocenters. The van der Waals surface area contributed by atoms with E-state index in [1.54, 1.807) is 0 Å². The summed E-state index contributed by atoms with van der Waals surface area (Å²) in [7, 11) is 0. The Morgan fingerprint density at radius 1 is 1.45 bits per heavy atom. The highest BCUT2D eigenvalue weighted by Gasteiger charge is 2.23. The highest BCUT2D eigenvalue weighted by Crippen LogP contribution is 2.31. The molecule has 1 aromatic carbocycles. The lowest BCUT2D eigenvalue weighted by atomic mass is 9.94. The Kier molecular flexibility index (Phi) is 3.92. The Balaban J connectivity index is 1.98. The van der Waals surface area contributed by atoms with Crippen LogP contribution in [0.25, 0.3) is 10.9 Å². The Bertz CT molecular complexity index is 750. The number of primary amides is 1. The number of hydrogen-bond donors (Lipinski definition) is 1. The summed E-state index contributed by atoms with van der Waals surface area (Å²) in [5.41, 5.74) is 7.61. The number of carbonyl (C=O) groups is 1. The Morgan fingerprint density at radius 3 is 3.05 bits per heavy atom. The zero-order valence-electron chi connectivity index (χ0n) is 12.3. The van der Waals surface area contributed by atoms with Gasteiger partial charge in [0.2, 0.25) is 5.91 Å². The predicted octanol–water partition coefficient (Wildman–Crippen LogP) is 2.20. The zero-order valence-corrected chi connectivity index (χ0v) is 12.3. The van der Waals surface area contributed by atoms with Crippen molar-refractivity contribution in [3.8, 4) is 6.07 Å². The van der Waals surface area contributed by atoms with Crippen molar-refractivity contribution in [3.63, 3.8) is 0 Å². The molecule has 5 heteroatoms. The fraction of sp³-hybridized carbons (Fsp3) is 0.353. The van der Waals surface area contributed by atoms with Crippen LogP contribution < -0.4 is 10.6 Å². The van der Waals surface area contributed by atoms with Gasteiger partial charge in [-0.3, -0.25) is 4.79 Å². The molecule has 0 aliphatic carbocycles. The summed E-state index contributed by atoms with van der Waals surface area (Å²) in [4.78, 5) is 17.8. The fourth-order valence-electron chi connectivity index (χ4n) is 3.21. The number of carbonyl (C=O) groups excluding carboxylic acids is 1. The third-order valence-electron chi connectivity index (χ3n) is 4.16. The zero-order chi connectivity index (χ0) is 15.5. The number of benzene rings is 1. The van der Waals surface area contributed by atoms with E-state index >= 15 is 0 Å². The number of nitrogens with zero attached hydrogens (tertiary/aromatic N) is 3. The van der Waals surface area contributed by atoms with Gasteiger partial charge in [0.1, 0.15) is 11.8 Å². The lowest BCUT2D eigenvalue weighted by Gasteiger charge is -2.34. The first kappa shape index (κ1) is 14.3. The second kappa shape index (κ2) is 6.02. The van der Waals surface area contributed by atoms with Gasteiger partial charge in [-0.05, 0) is 30.9 Å². The van der Waals surface area contributed by atoms with Gasteiger partial charge >= 0.3 is 0 Å². The van der Waals surface area contributed by atoms with Crippen LogP contribution in [-0.2, 0) is 4.79 Å². The number of pyridine rings is 1. The smallest absolute Gasteiger partial charge is 0.217 e. The highest BCUT2D eigenvalue weighted by molar-refractivity contribution is 5.92. The number of aromatic nitrogens is 1. The first-order valence-corrected chi connectivity index (χ1v) is 7.50. The summed E-state index contributed by atoms with van der Waals surface area (Å²) in [6.45, 7) is 1.72. The minimum absolute atomic E-state index is 0.246. The van der Waals surface area contributed by atoms with Crippen molar-refractivity contribution in [1.82, 2.24) is 4.98 Å². The van der Waals surface area contributed by atoms with Crippen molar-refractivity contribution < 1.29 is 4.79 Å². The van der Waals surface area contributed by atoms with E-state index < -0.39 is 0 Å². The van der Waals surface area contributed by atoms with Crippen molar-refractivity contribution in [2.45, 2.75) is 19.3 Å². The molecule has 1 aromatic heterocycles. The molecule has 112 valence electrons. The van der Waals surface area contributed by atoms with Crippen LogP contribution in [0.2, 0.25) is 0 Å². The first-order chi connectivity index (χ1) is 10.7. The van der Waals surface area contributed by atoms with Gasteiger partial charge in [0.05, 0.1) is 5.52 Å². The molecule has 2 aromatic rings. The van der Waals surface area contributed by atoms with Crippen LogP contribution in [0, 0.1) is 17.2 Å². The Labute approximate surface area is 129 Å². The van der Waals surface area contributed by atoms with Crippen LogP contribution in [-0.4, -0.2) is 24.0 Å². The van der Waals surface area contributed by atoms with E-state index in [-0.39, 0.29) is 11.8 Å². The van der Waals surface area contributed by atoms with Gasteiger partial charge in [0.15, 0.2) is 0 Å². The lowest BCUT2D eigenvalue weighted by Crippen LogP contribution is -2.37. The molecular weight excluding hydrogens is 276 g/mol. The average molecular weight is 294 g/mol. The topological polar surface area (TPSA) is 83.0 Å². The van der Waals surface area contributed by atoms with Crippen LogP contribution in [0.4, 0.5) is 5.69 Å². The summed E-state index contributed by atoms with van der Waals surface area (Å²) in [5, 5.41) is 10.2. The molecule has 0 radical (unpaired) electrons. The molecular formula is C17H18N4O. The summed E-state index contributed by atoms with van der Waals surface area (Å²) in [6.07, 6.45) is 2.47. The van der Waals surface area contributed by atoms with Crippen molar-refractivity contribution >= 4 is 22.5 Å². The number of piperidine rings is 1. The van der Waals surface area contributed by atoms with Crippen LogP contribution in [0.15, 0.2) is 30.3 Å². The first-order valence-electron chi connectivity index (χ1n) is 7.50. The number of fused-ring (bicyclic) bond motifs is 1. The number of rotatable bonds is 3. The molecule has 2 heterocycles. The molecule has 3 rings (SSSR count). The molecule has 1 amide bonds. The monoisotopic (exact) mass is 294 g/mol. The maximum absolute atomic E-state index is 11.2. The summed E-state index contributed by atoms with van der Waals surface area (Å²) < 4.78 is 0. The van der Waals surface area contributed by atoms with Gasteiger partial charge in [0, 0.05) is 30.6 Å². The molecule has 1 aliphatic heterocycles. The van der Waals surface area contributed by atoms with Crippen LogP contribution >= 0.6 is 0 Å². The van der Waals surface area contributed by atoms with Gasteiger partial charge in [-0.25, -0.2) is 4.98 Å². The number of nitrogens with two attached hydrogens (primary N) is 1. The third kappa shape index (κ3) is 2.86. The van der Waals surface area contributed by atoms with E-state index in [0.29, 0.717) is 12.1 Å². The minimum atomic E-state index is -0.246. The molecule has 1 saturated heterocycles. The van der Waals surface area contributed by atoms with Gasteiger partial charge in [-0.15, -0.1) is 0 Å². The second-order valence-electron chi connectivity index (χ2n) is 5.78. The van der Waals surface area contributed by atoms with E-state index in [0.717, 1.165) is 42.5 Å². The van der Waals surface area contributed by atoms with Gasteiger partial charge < -0.3 is 10.6 Å². The normalized spacial score (nSPS) is 18.1. The quantitative estimate of drug-likeness (QED) is 0.940. The van der Waals surface area contributed by atoms with Gasteiger partial charge in [0.25, 0.3) is 0 Å². The van der Waals surface area contributed by atoms with E-state index in [1.165, 1.54) is 0 Å². The van der Waals surface area contributed by atoms with Crippen molar-refractivity contribution in [1.29, 1.82) is 5.26 Å². The molecule has 0 spiro atoms. The Hall–Kier alpha value is -2.61. The minimum Gasteiger partial charge on any atom is -0.371 e. The van der Waals surface area contributed by atoms with E-state index in [2.05, 4.69) is 16.0 Å². The predicted molar refractivity (Wildman–Crippen MR) is 85.2 cm³/mol. The number of amides is 1. The molecule has 5 nitrogen and oxygen atoms in total. The van der Waals surface area contributed by atoms with Gasteiger partial charge in [-0.2, -0.15) is 5.26 Å². The van der Waals surface area contributed by atoms with E-state index in [4.69, 9.17) is 5.73 Å². The molecule has 22 heavy (non-hydrogen) atoms. The average Bonchev–Trinajstić information content (AvgIpc) is 2.53. The summed E-state index contributed by atoms with van der Waals surface area (Å²) >= 11 is 0. The number of para-hydroxylation sites is 1. The standard InChI is InChI=1S/C17H18N4O/c18-10-13-9-16(14-5-1-2-6-15(14)20-13)21-7-3-4-12(11-21)8-17(19)22/h1-2,5-6,9,12H,3-4,7-8,11H2,(H2,19,22). The maximum atomic E-state index is 11.2. The number of anilines is 1. The third-order valence-corrected chi connectivity index (χ3v) is 4.16. The fourth-order valence-corrected chi connectivity index (χ4v) is 3.21. The second-order valence-corrected chi connectivity index (χ2v) is 5.78. The SMILES string of the molecule is N#Cc1cc(N2CCCC(CC(N)=O)C2)c2ccccc2n1.